The maximum absolute atomic E-state index is 13.5. The van der Waals surface area contributed by atoms with Crippen LogP contribution >= 0.6 is 15.9 Å². The molecule has 1 nitrogen and oxygen atoms in total. The predicted octanol–water partition coefficient (Wildman–Crippen LogP) is 4.07. The van der Waals surface area contributed by atoms with Crippen molar-refractivity contribution in [2.75, 3.05) is 18.0 Å². The van der Waals surface area contributed by atoms with E-state index in [1.54, 1.807) is 12.1 Å². The number of halogens is 2. The second-order valence-corrected chi connectivity index (χ2v) is 5.80. The molecule has 1 aromatic carbocycles. The van der Waals surface area contributed by atoms with Gasteiger partial charge in [-0.3, -0.25) is 0 Å². The van der Waals surface area contributed by atoms with E-state index in [9.17, 15) is 4.39 Å². The van der Waals surface area contributed by atoms with E-state index in [1.807, 2.05) is 6.07 Å². The lowest BCUT2D eigenvalue weighted by Gasteiger charge is -2.36. The lowest BCUT2D eigenvalue weighted by atomic mass is 9.91. The first-order valence-corrected chi connectivity index (χ1v) is 6.55. The van der Waals surface area contributed by atoms with Gasteiger partial charge in [0.2, 0.25) is 0 Å². The number of nitrogens with zero attached hydrogens (tertiary/aromatic N) is 1. The van der Waals surface area contributed by atoms with Gasteiger partial charge in [0.1, 0.15) is 5.82 Å². The molecule has 0 N–H and O–H groups in total. The van der Waals surface area contributed by atoms with Crippen LogP contribution in [0.3, 0.4) is 0 Å². The van der Waals surface area contributed by atoms with Gasteiger partial charge in [-0.05, 0) is 52.4 Å². The Balaban J connectivity index is 2.19. The molecular weight excluding hydrogens is 269 g/mol. The second-order valence-electron chi connectivity index (χ2n) is 4.95. The van der Waals surface area contributed by atoms with Crippen LogP contribution in [0, 0.1) is 17.7 Å². The first-order valence-electron chi connectivity index (χ1n) is 5.76. The Hall–Kier alpha value is -0.570. The number of piperidine rings is 1. The van der Waals surface area contributed by atoms with Crippen LogP contribution in [0.4, 0.5) is 10.1 Å². The van der Waals surface area contributed by atoms with Gasteiger partial charge in [0.15, 0.2) is 0 Å². The van der Waals surface area contributed by atoms with Crippen molar-refractivity contribution in [1.82, 2.24) is 0 Å². The zero-order chi connectivity index (χ0) is 11.7. The molecule has 88 valence electrons. The van der Waals surface area contributed by atoms with Crippen LogP contribution in [-0.2, 0) is 0 Å². The first kappa shape index (κ1) is 11.9. The highest BCUT2D eigenvalue weighted by atomic mass is 79.9. The van der Waals surface area contributed by atoms with Crippen LogP contribution in [0.2, 0.25) is 0 Å². The van der Waals surface area contributed by atoms with E-state index in [2.05, 4.69) is 34.7 Å². The summed E-state index contributed by atoms with van der Waals surface area (Å²) in [6.07, 6.45) is 1.27. The molecule has 1 aliphatic heterocycles. The summed E-state index contributed by atoms with van der Waals surface area (Å²) in [5.74, 6) is 1.20. The molecule has 1 saturated heterocycles. The second kappa shape index (κ2) is 4.74. The molecule has 16 heavy (non-hydrogen) atoms. The molecule has 1 fully saturated rings. The van der Waals surface area contributed by atoms with Crippen LogP contribution in [0.15, 0.2) is 22.7 Å². The molecular formula is C13H17BrFN. The first-order chi connectivity index (χ1) is 7.56. The van der Waals surface area contributed by atoms with E-state index in [1.165, 1.54) is 6.42 Å². The Kier molecular flexibility index (Phi) is 3.53. The van der Waals surface area contributed by atoms with Gasteiger partial charge in [-0.1, -0.05) is 13.8 Å². The smallest absolute Gasteiger partial charge is 0.139 e. The lowest BCUT2D eigenvalue weighted by molar-refractivity contribution is 0.356. The van der Waals surface area contributed by atoms with Crippen LogP contribution in [-0.4, -0.2) is 13.1 Å². The van der Waals surface area contributed by atoms with E-state index in [4.69, 9.17) is 0 Å². The maximum atomic E-state index is 13.5. The van der Waals surface area contributed by atoms with Crippen molar-refractivity contribution in [2.45, 2.75) is 20.3 Å². The quantitative estimate of drug-likeness (QED) is 0.752. The third-order valence-corrected chi connectivity index (χ3v) is 3.78. The Bertz CT molecular complexity index is 370. The van der Waals surface area contributed by atoms with Gasteiger partial charge in [-0.25, -0.2) is 4.39 Å². The number of anilines is 1. The average Bonchev–Trinajstić information content (AvgIpc) is 2.20. The van der Waals surface area contributed by atoms with Gasteiger partial charge >= 0.3 is 0 Å². The van der Waals surface area contributed by atoms with Gasteiger partial charge in [0.05, 0.1) is 4.47 Å². The summed E-state index contributed by atoms with van der Waals surface area (Å²) < 4.78 is 14.0. The van der Waals surface area contributed by atoms with E-state index < -0.39 is 0 Å². The summed E-state index contributed by atoms with van der Waals surface area (Å²) in [7, 11) is 0. The largest absolute Gasteiger partial charge is 0.371 e. The fraction of sp³-hybridized carbons (Fsp3) is 0.538. The normalized spacial score (nSPS) is 25.9. The standard InChI is InChI=1S/C13H17BrFN/c1-9-5-10(2)8-16(7-9)11-3-4-12(14)13(15)6-11/h3-4,6,9-10H,5,7-8H2,1-2H3. The molecule has 0 aromatic heterocycles. The average molecular weight is 286 g/mol. The summed E-state index contributed by atoms with van der Waals surface area (Å²) in [4.78, 5) is 2.29. The molecule has 2 rings (SSSR count). The molecule has 0 amide bonds. The Labute approximate surface area is 105 Å². The van der Waals surface area contributed by atoms with Crippen molar-refractivity contribution in [3.63, 3.8) is 0 Å². The molecule has 0 radical (unpaired) electrons. The highest BCUT2D eigenvalue weighted by Crippen LogP contribution is 2.28. The van der Waals surface area contributed by atoms with Crippen LogP contribution in [0.25, 0.3) is 0 Å². The molecule has 2 atom stereocenters. The van der Waals surface area contributed by atoms with E-state index in [-0.39, 0.29) is 5.82 Å². The summed E-state index contributed by atoms with van der Waals surface area (Å²) in [6, 6.07) is 5.39. The van der Waals surface area contributed by atoms with Gasteiger partial charge in [0, 0.05) is 18.8 Å². The number of rotatable bonds is 1. The molecule has 0 aliphatic carbocycles. The van der Waals surface area contributed by atoms with E-state index in [0.29, 0.717) is 16.3 Å². The summed E-state index contributed by atoms with van der Waals surface area (Å²) in [5.41, 5.74) is 0.999. The van der Waals surface area contributed by atoms with Crippen molar-refractivity contribution in [2.24, 2.45) is 11.8 Å². The van der Waals surface area contributed by atoms with Crippen molar-refractivity contribution in [3.05, 3.63) is 28.5 Å². The zero-order valence-corrected chi connectivity index (χ0v) is 11.3. The highest BCUT2D eigenvalue weighted by molar-refractivity contribution is 9.10. The fourth-order valence-corrected chi connectivity index (χ4v) is 2.80. The van der Waals surface area contributed by atoms with Gasteiger partial charge in [-0.2, -0.15) is 0 Å². The monoisotopic (exact) mass is 285 g/mol. The molecule has 1 heterocycles. The minimum atomic E-state index is -0.177. The molecule has 0 spiro atoms. The Morgan fingerprint density at radius 1 is 1.25 bits per heavy atom. The number of hydrogen-bond donors (Lipinski definition) is 0. The topological polar surface area (TPSA) is 3.24 Å². The van der Waals surface area contributed by atoms with Crippen molar-refractivity contribution in [1.29, 1.82) is 0 Å². The molecule has 1 aromatic rings. The van der Waals surface area contributed by atoms with Crippen LogP contribution in [0.5, 0.6) is 0 Å². The van der Waals surface area contributed by atoms with E-state index >= 15 is 0 Å². The molecule has 0 saturated carbocycles. The Morgan fingerprint density at radius 2 is 1.88 bits per heavy atom. The third kappa shape index (κ3) is 2.57. The molecule has 1 aliphatic rings. The Morgan fingerprint density at radius 3 is 2.44 bits per heavy atom. The minimum absolute atomic E-state index is 0.177. The lowest BCUT2D eigenvalue weighted by Crippen LogP contribution is -2.38. The fourth-order valence-electron chi connectivity index (χ4n) is 2.56. The highest BCUT2D eigenvalue weighted by Gasteiger charge is 2.22. The van der Waals surface area contributed by atoms with Crippen molar-refractivity contribution in [3.8, 4) is 0 Å². The molecule has 3 heteroatoms. The summed E-state index contributed by atoms with van der Waals surface area (Å²) >= 11 is 3.18. The SMILES string of the molecule is CC1CC(C)CN(c2ccc(Br)c(F)c2)C1. The zero-order valence-electron chi connectivity index (χ0n) is 9.71. The maximum Gasteiger partial charge on any atom is 0.139 e. The molecule has 2 unspecified atom stereocenters. The van der Waals surface area contributed by atoms with Crippen LogP contribution < -0.4 is 4.90 Å². The third-order valence-electron chi connectivity index (χ3n) is 3.14. The van der Waals surface area contributed by atoms with Crippen molar-refractivity contribution < 1.29 is 4.39 Å². The van der Waals surface area contributed by atoms with Gasteiger partial charge in [-0.15, -0.1) is 0 Å². The van der Waals surface area contributed by atoms with Crippen molar-refractivity contribution >= 4 is 21.6 Å². The number of benzene rings is 1. The molecule has 0 bridgehead atoms. The predicted molar refractivity (Wildman–Crippen MR) is 69.3 cm³/mol. The summed E-state index contributed by atoms with van der Waals surface area (Å²) in [6.45, 7) is 6.59. The minimum Gasteiger partial charge on any atom is -0.371 e. The van der Waals surface area contributed by atoms with E-state index in [0.717, 1.165) is 18.8 Å². The van der Waals surface area contributed by atoms with Crippen LogP contribution in [0.1, 0.15) is 20.3 Å². The summed E-state index contributed by atoms with van der Waals surface area (Å²) in [5, 5.41) is 0. The van der Waals surface area contributed by atoms with Gasteiger partial charge in [0.25, 0.3) is 0 Å². The van der Waals surface area contributed by atoms with Gasteiger partial charge < -0.3 is 4.90 Å². The number of hydrogen-bond acceptors (Lipinski definition) is 1.